The van der Waals surface area contributed by atoms with Crippen molar-refractivity contribution in [1.29, 1.82) is 5.26 Å². The van der Waals surface area contributed by atoms with Crippen molar-refractivity contribution in [2.75, 3.05) is 0 Å². The molecule has 0 saturated heterocycles. The normalized spacial score (nSPS) is 12.2. The minimum Gasteiger partial charge on any atom is -0.207 e. The molecule has 0 bridgehead atoms. The van der Waals surface area contributed by atoms with Gasteiger partial charge < -0.3 is 0 Å². The van der Waals surface area contributed by atoms with Crippen LogP contribution in [0.5, 0.6) is 0 Å². The predicted molar refractivity (Wildman–Crippen MR) is 43.6 cm³/mol. The summed E-state index contributed by atoms with van der Waals surface area (Å²) >= 11 is 2.85. The fourth-order valence-corrected chi connectivity index (χ4v) is 1.25. The van der Waals surface area contributed by atoms with Gasteiger partial charge in [-0.15, -0.1) is 0 Å². The van der Waals surface area contributed by atoms with Crippen LogP contribution in [0.1, 0.15) is 10.4 Å². The van der Waals surface area contributed by atoms with Crippen LogP contribution >= 0.6 is 15.9 Å². The number of benzene rings is 1. The highest BCUT2D eigenvalue weighted by molar-refractivity contribution is 9.09. The van der Waals surface area contributed by atoms with Crippen LogP contribution in [0.4, 0.5) is 8.78 Å². The Kier molecular flexibility index (Phi) is 2.77. The summed E-state index contributed by atoms with van der Waals surface area (Å²) in [7, 11) is 0. The van der Waals surface area contributed by atoms with Crippen LogP contribution in [-0.4, -0.2) is 0 Å². The molecule has 0 heterocycles. The second kappa shape index (κ2) is 3.63. The van der Waals surface area contributed by atoms with E-state index in [9.17, 15) is 8.78 Å². The predicted octanol–water partition coefficient (Wildman–Crippen LogP) is 2.92. The molecule has 0 spiro atoms. The zero-order valence-corrected chi connectivity index (χ0v) is 7.48. The van der Waals surface area contributed by atoms with Gasteiger partial charge in [0.25, 0.3) is 0 Å². The molecular weight excluding hydrogens is 228 g/mol. The Hall–Kier alpha value is -0.950. The Morgan fingerprint density at radius 3 is 2.25 bits per heavy atom. The Bertz CT molecular complexity index is 312. The number of nitriles is 1. The third kappa shape index (κ3) is 1.62. The van der Waals surface area contributed by atoms with Crippen molar-refractivity contribution in [2.24, 2.45) is 0 Å². The van der Waals surface area contributed by atoms with Gasteiger partial charge >= 0.3 is 0 Å². The molecule has 1 unspecified atom stereocenters. The summed E-state index contributed by atoms with van der Waals surface area (Å²) in [6, 6.07) is 5.18. The van der Waals surface area contributed by atoms with E-state index in [4.69, 9.17) is 5.26 Å². The maximum atomic E-state index is 12.9. The van der Waals surface area contributed by atoms with E-state index in [-0.39, 0.29) is 5.56 Å². The van der Waals surface area contributed by atoms with Gasteiger partial charge in [-0.05, 0) is 12.1 Å². The van der Waals surface area contributed by atoms with Gasteiger partial charge in [0.1, 0.15) is 16.5 Å². The second-order valence-corrected chi connectivity index (χ2v) is 3.04. The van der Waals surface area contributed by atoms with Gasteiger partial charge in [-0.1, -0.05) is 22.0 Å². The van der Waals surface area contributed by atoms with Gasteiger partial charge in [0, 0.05) is 0 Å². The van der Waals surface area contributed by atoms with E-state index in [0.717, 1.165) is 12.1 Å². The first-order valence-corrected chi connectivity index (χ1v) is 4.06. The van der Waals surface area contributed by atoms with Crippen molar-refractivity contribution in [3.05, 3.63) is 35.4 Å². The van der Waals surface area contributed by atoms with Crippen LogP contribution in [0.15, 0.2) is 18.2 Å². The molecule has 0 N–H and O–H groups in total. The second-order valence-electron chi connectivity index (χ2n) is 2.13. The maximum Gasteiger partial charge on any atom is 0.132 e. The fraction of sp³-hybridized carbons (Fsp3) is 0.125. The van der Waals surface area contributed by atoms with Crippen molar-refractivity contribution in [3.63, 3.8) is 0 Å². The lowest BCUT2D eigenvalue weighted by Crippen LogP contribution is -1.95. The first-order chi connectivity index (χ1) is 5.66. The molecule has 1 aromatic rings. The van der Waals surface area contributed by atoms with E-state index in [2.05, 4.69) is 15.9 Å². The highest BCUT2D eigenvalue weighted by Gasteiger charge is 2.15. The zero-order chi connectivity index (χ0) is 9.14. The van der Waals surface area contributed by atoms with Crippen molar-refractivity contribution in [3.8, 4) is 6.07 Å². The van der Waals surface area contributed by atoms with Crippen LogP contribution in [0.3, 0.4) is 0 Å². The molecule has 1 nitrogen and oxygen atoms in total. The van der Waals surface area contributed by atoms with Crippen LogP contribution in [0.2, 0.25) is 0 Å². The van der Waals surface area contributed by atoms with E-state index in [1.54, 1.807) is 6.07 Å². The number of hydrogen-bond acceptors (Lipinski definition) is 1. The summed E-state index contributed by atoms with van der Waals surface area (Å²) < 4.78 is 25.7. The molecule has 0 fully saturated rings. The zero-order valence-electron chi connectivity index (χ0n) is 5.89. The summed E-state index contributed by atoms with van der Waals surface area (Å²) in [6.07, 6.45) is 0. The quantitative estimate of drug-likeness (QED) is 0.683. The van der Waals surface area contributed by atoms with Gasteiger partial charge in [0.2, 0.25) is 0 Å². The van der Waals surface area contributed by atoms with Crippen molar-refractivity contribution >= 4 is 15.9 Å². The number of hydrogen-bond donors (Lipinski definition) is 0. The molecule has 0 aromatic heterocycles. The first-order valence-electron chi connectivity index (χ1n) is 3.14. The van der Waals surface area contributed by atoms with Crippen LogP contribution in [0, 0.1) is 23.0 Å². The molecule has 0 aliphatic rings. The minimum atomic E-state index is -0.932. The summed E-state index contributed by atoms with van der Waals surface area (Å²) in [5.74, 6) is -1.42. The Balaban J connectivity index is 3.23. The third-order valence-electron chi connectivity index (χ3n) is 1.37. The van der Waals surface area contributed by atoms with Gasteiger partial charge in [-0.25, -0.2) is 8.78 Å². The first kappa shape index (κ1) is 9.14. The standard InChI is InChI=1S/C8H4BrF2N/c9-5(4-12)8-6(10)2-1-3-7(8)11/h1-3,5H. The van der Waals surface area contributed by atoms with Gasteiger partial charge in [-0.3, -0.25) is 0 Å². The van der Waals surface area contributed by atoms with E-state index < -0.39 is 16.5 Å². The molecule has 1 rings (SSSR count). The van der Waals surface area contributed by atoms with E-state index >= 15 is 0 Å². The third-order valence-corrected chi connectivity index (χ3v) is 2.03. The molecule has 0 aliphatic carbocycles. The molecule has 62 valence electrons. The highest BCUT2D eigenvalue weighted by Crippen LogP contribution is 2.26. The minimum absolute atomic E-state index is 0.236. The molecule has 0 aliphatic heterocycles. The molecule has 1 aromatic carbocycles. The summed E-state index contributed by atoms with van der Waals surface area (Å²) in [4.78, 5) is -0.932. The number of rotatable bonds is 1. The lowest BCUT2D eigenvalue weighted by molar-refractivity contribution is 0.563. The Morgan fingerprint density at radius 1 is 1.33 bits per heavy atom. The van der Waals surface area contributed by atoms with Crippen LogP contribution in [-0.2, 0) is 0 Å². The Labute approximate surface area is 76.8 Å². The molecule has 1 atom stereocenters. The van der Waals surface area contributed by atoms with Gasteiger partial charge in [-0.2, -0.15) is 5.26 Å². The molecule has 4 heteroatoms. The monoisotopic (exact) mass is 231 g/mol. The average molecular weight is 232 g/mol. The molecule has 0 saturated carbocycles. The largest absolute Gasteiger partial charge is 0.207 e. The lowest BCUT2D eigenvalue weighted by atomic mass is 10.1. The van der Waals surface area contributed by atoms with Crippen molar-refractivity contribution in [2.45, 2.75) is 4.83 Å². The molecule has 0 radical (unpaired) electrons. The van der Waals surface area contributed by atoms with E-state index in [1.807, 2.05) is 0 Å². The summed E-state index contributed by atoms with van der Waals surface area (Å²) in [5.41, 5.74) is -0.236. The number of nitrogens with zero attached hydrogens (tertiary/aromatic N) is 1. The SMILES string of the molecule is N#CC(Br)c1c(F)cccc1F. The molecule has 0 amide bonds. The number of halogens is 3. The molecular formula is C8H4BrF2N. The topological polar surface area (TPSA) is 23.8 Å². The summed E-state index contributed by atoms with van der Waals surface area (Å²) in [6.45, 7) is 0. The highest BCUT2D eigenvalue weighted by atomic mass is 79.9. The average Bonchev–Trinajstić information content (AvgIpc) is 2.03. The fourth-order valence-electron chi connectivity index (χ4n) is 0.817. The van der Waals surface area contributed by atoms with Crippen molar-refractivity contribution in [1.82, 2.24) is 0 Å². The van der Waals surface area contributed by atoms with Gasteiger partial charge in [0.15, 0.2) is 0 Å². The maximum absolute atomic E-state index is 12.9. The summed E-state index contributed by atoms with van der Waals surface area (Å²) in [5, 5.41) is 8.41. The smallest absolute Gasteiger partial charge is 0.132 e. The van der Waals surface area contributed by atoms with Crippen LogP contribution < -0.4 is 0 Å². The van der Waals surface area contributed by atoms with E-state index in [0.29, 0.717) is 0 Å². The lowest BCUT2D eigenvalue weighted by Gasteiger charge is -2.03. The van der Waals surface area contributed by atoms with Crippen molar-refractivity contribution < 1.29 is 8.78 Å². The van der Waals surface area contributed by atoms with Crippen LogP contribution in [0.25, 0.3) is 0 Å². The van der Waals surface area contributed by atoms with Gasteiger partial charge in [0.05, 0.1) is 11.6 Å². The Morgan fingerprint density at radius 2 is 1.83 bits per heavy atom. The molecule has 12 heavy (non-hydrogen) atoms. The number of alkyl halides is 1. The van der Waals surface area contributed by atoms with E-state index in [1.165, 1.54) is 6.07 Å².